The molecule has 2 rings (SSSR count). The Hall–Kier alpha value is -2.64. The van der Waals surface area contributed by atoms with E-state index in [9.17, 15) is 14.4 Å². The number of nitrogens with two attached hydrogens (primary N) is 1. The third-order valence-electron chi connectivity index (χ3n) is 3.07. The highest BCUT2D eigenvalue weighted by molar-refractivity contribution is 6.05. The number of piperazine rings is 1. The molecule has 1 unspecified atom stereocenters. The first-order chi connectivity index (χ1) is 9.45. The molecule has 2 heterocycles. The molecule has 1 aliphatic rings. The quantitative estimate of drug-likeness (QED) is 0.543. The van der Waals surface area contributed by atoms with Gasteiger partial charge in [-0.1, -0.05) is 0 Å². The summed E-state index contributed by atoms with van der Waals surface area (Å²) in [7, 11) is 1.24. The van der Waals surface area contributed by atoms with Crippen molar-refractivity contribution in [2.45, 2.75) is 13.0 Å². The van der Waals surface area contributed by atoms with Gasteiger partial charge in [-0.05, 0) is 13.0 Å². The summed E-state index contributed by atoms with van der Waals surface area (Å²) < 4.78 is 4.62. The molecule has 106 valence electrons. The van der Waals surface area contributed by atoms with Crippen LogP contribution in [0.5, 0.6) is 0 Å². The van der Waals surface area contributed by atoms with E-state index in [1.807, 2.05) is 0 Å². The Balaban J connectivity index is 2.44. The van der Waals surface area contributed by atoms with E-state index >= 15 is 0 Å². The number of aromatic nitrogens is 1. The van der Waals surface area contributed by atoms with Crippen molar-refractivity contribution < 1.29 is 19.1 Å². The zero-order chi connectivity index (χ0) is 14.9. The summed E-state index contributed by atoms with van der Waals surface area (Å²) in [5.41, 5.74) is 6.12. The van der Waals surface area contributed by atoms with Crippen LogP contribution >= 0.6 is 0 Å². The van der Waals surface area contributed by atoms with E-state index in [-0.39, 0.29) is 23.6 Å². The monoisotopic (exact) mass is 278 g/mol. The highest BCUT2D eigenvalue weighted by Crippen LogP contribution is 2.27. The number of pyridine rings is 1. The van der Waals surface area contributed by atoms with Crippen LogP contribution in [0.2, 0.25) is 0 Å². The van der Waals surface area contributed by atoms with Crippen LogP contribution in [-0.2, 0) is 14.3 Å². The molecular formula is C12H14N4O4. The van der Waals surface area contributed by atoms with Crippen molar-refractivity contribution in [2.24, 2.45) is 0 Å². The minimum atomic E-state index is -0.615. The van der Waals surface area contributed by atoms with Gasteiger partial charge in [0.25, 0.3) is 0 Å². The maximum absolute atomic E-state index is 11.6. The number of nitrogens with zero attached hydrogens (tertiary/aromatic N) is 2. The van der Waals surface area contributed by atoms with Crippen LogP contribution in [-0.4, -0.2) is 42.5 Å². The Morgan fingerprint density at radius 2 is 2.25 bits per heavy atom. The zero-order valence-corrected chi connectivity index (χ0v) is 11.0. The van der Waals surface area contributed by atoms with Crippen LogP contribution in [0.15, 0.2) is 12.3 Å². The van der Waals surface area contributed by atoms with Gasteiger partial charge in [-0.25, -0.2) is 9.78 Å². The lowest BCUT2D eigenvalue weighted by Gasteiger charge is -2.33. The Morgan fingerprint density at radius 3 is 2.90 bits per heavy atom. The van der Waals surface area contributed by atoms with Crippen LogP contribution in [0.1, 0.15) is 17.3 Å². The number of methoxy groups -OCH3 is 1. The van der Waals surface area contributed by atoms with Gasteiger partial charge >= 0.3 is 5.97 Å². The predicted molar refractivity (Wildman–Crippen MR) is 69.9 cm³/mol. The second-order valence-corrected chi connectivity index (χ2v) is 4.30. The summed E-state index contributed by atoms with van der Waals surface area (Å²) in [5, 5.41) is 2.22. The number of carbonyl (C=O) groups is 3. The first kappa shape index (κ1) is 13.8. The second-order valence-electron chi connectivity index (χ2n) is 4.30. The van der Waals surface area contributed by atoms with Crippen LogP contribution in [0.25, 0.3) is 0 Å². The number of ether oxygens (including phenoxy) is 1. The second kappa shape index (κ2) is 5.16. The Bertz CT molecular complexity index is 587. The first-order valence-electron chi connectivity index (χ1n) is 5.88. The third kappa shape index (κ3) is 2.27. The topological polar surface area (TPSA) is 115 Å². The minimum Gasteiger partial charge on any atom is -0.465 e. The van der Waals surface area contributed by atoms with Gasteiger partial charge < -0.3 is 15.4 Å². The van der Waals surface area contributed by atoms with Crippen LogP contribution < -0.4 is 16.0 Å². The number of rotatable bonds is 2. The maximum Gasteiger partial charge on any atom is 0.340 e. The van der Waals surface area contributed by atoms with Crippen LogP contribution in [0.4, 0.5) is 11.5 Å². The molecule has 0 spiro atoms. The van der Waals surface area contributed by atoms with E-state index < -0.39 is 23.8 Å². The van der Waals surface area contributed by atoms with E-state index in [4.69, 9.17) is 5.73 Å². The molecule has 8 nitrogen and oxygen atoms in total. The number of anilines is 2. The van der Waals surface area contributed by atoms with Gasteiger partial charge in [-0.2, -0.15) is 0 Å². The molecule has 20 heavy (non-hydrogen) atoms. The lowest BCUT2D eigenvalue weighted by molar-refractivity contribution is -0.132. The number of nitrogens with one attached hydrogen (secondary N) is 1. The number of esters is 1. The van der Waals surface area contributed by atoms with Gasteiger partial charge in [0.15, 0.2) is 5.82 Å². The average molecular weight is 278 g/mol. The highest BCUT2D eigenvalue weighted by atomic mass is 16.5. The molecule has 0 aromatic carbocycles. The van der Waals surface area contributed by atoms with E-state index in [0.29, 0.717) is 0 Å². The molecular weight excluding hydrogens is 264 g/mol. The summed E-state index contributed by atoms with van der Waals surface area (Å²) in [4.78, 5) is 40.2. The van der Waals surface area contributed by atoms with E-state index in [1.165, 1.54) is 24.3 Å². The van der Waals surface area contributed by atoms with Crippen molar-refractivity contribution in [1.82, 2.24) is 10.3 Å². The van der Waals surface area contributed by atoms with E-state index in [1.54, 1.807) is 6.92 Å². The maximum atomic E-state index is 11.6. The Kier molecular flexibility index (Phi) is 3.55. The largest absolute Gasteiger partial charge is 0.465 e. The van der Waals surface area contributed by atoms with E-state index in [0.717, 1.165) is 0 Å². The van der Waals surface area contributed by atoms with Gasteiger partial charge in [0.2, 0.25) is 11.8 Å². The summed E-state index contributed by atoms with van der Waals surface area (Å²) in [6.07, 6.45) is 1.38. The minimum absolute atomic E-state index is 0.0608. The molecule has 1 aromatic heterocycles. The standard InChI is InChI=1S/C12H14N4O4/c1-6-11(18)15-8(17)5-16(6)10-9(13)7(3-4-14-10)12(19)20-2/h3-4,6H,5,13H2,1-2H3,(H,15,17,18). The fourth-order valence-corrected chi connectivity index (χ4v) is 1.95. The highest BCUT2D eigenvalue weighted by Gasteiger charge is 2.33. The molecule has 1 atom stereocenters. The van der Waals surface area contributed by atoms with Crippen molar-refractivity contribution in [3.63, 3.8) is 0 Å². The molecule has 2 amide bonds. The fraction of sp³-hybridized carbons (Fsp3) is 0.333. The average Bonchev–Trinajstić information content (AvgIpc) is 2.42. The molecule has 1 fully saturated rings. The predicted octanol–water partition coefficient (Wildman–Crippen LogP) is -0.698. The lowest BCUT2D eigenvalue weighted by atomic mass is 10.1. The van der Waals surface area contributed by atoms with Crippen molar-refractivity contribution in [3.8, 4) is 0 Å². The Labute approximate surface area is 114 Å². The summed E-state index contributed by atoms with van der Waals surface area (Å²) >= 11 is 0. The zero-order valence-electron chi connectivity index (χ0n) is 11.0. The van der Waals surface area contributed by atoms with Crippen molar-refractivity contribution >= 4 is 29.3 Å². The Morgan fingerprint density at radius 1 is 1.55 bits per heavy atom. The molecule has 0 saturated carbocycles. The normalized spacial score (nSPS) is 18.7. The number of hydrogen-bond donors (Lipinski definition) is 2. The van der Waals surface area contributed by atoms with E-state index in [2.05, 4.69) is 15.0 Å². The fourth-order valence-electron chi connectivity index (χ4n) is 1.95. The van der Waals surface area contributed by atoms with Gasteiger partial charge in [-0.15, -0.1) is 0 Å². The number of carbonyl (C=O) groups excluding carboxylic acids is 3. The molecule has 0 aliphatic carbocycles. The number of imide groups is 1. The van der Waals surface area contributed by atoms with Crippen molar-refractivity contribution in [1.29, 1.82) is 0 Å². The van der Waals surface area contributed by atoms with Crippen LogP contribution in [0.3, 0.4) is 0 Å². The van der Waals surface area contributed by atoms with Crippen molar-refractivity contribution in [3.05, 3.63) is 17.8 Å². The summed E-state index contributed by atoms with van der Waals surface area (Å²) in [6, 6.07) is 0.802. The summed E-state index contributed by atoms with van der Waals surface area (Å²) in [6.45, 7) is 1.56. The molecule has 0 bridgehead atoms. The molecule has 1 aromatic rings. The molecule has 3 N–H and O–H groups in total. The van der Waals surface area contributed by atoms with Crippen LogP contribution in [0, 0.1) is 0 Å². The van der Waals surface area contributed by atoms with Gasteiger partial charge in [0.05, 0.1) is 24.9 Å². The summed E-state index contributed by atoms with van der Waals surface area (Å²) in [5.74, 6) is -1.28. The lowest BCUT2D eigenvalue weighted by Crippen LogP contribution is -2.57. The van der Waals surface area contributed by atoms with Gasteiger partial charge in [0, 0.05) is 6.20 Å². The molecule has 8 heteroatoms. The smallest absolute Gasteiger partial charge is 0.340 e. The number of nitrogen functional groups attached to an aromatic ring is 1. The van der Waals surface area contributed by atoms with Crippen molar-refractivity contribution in [2.75, 3.05) is 24.3 Å². The number of hydrogen-bond acceptors (Lipinski definition) is 7. The third-order valence-corrected chi connectivity index (χ3v) is 3.07. The first-order valence-corrected chi connectivity index (χ1v) is 5.88. The van der Waals surface area contributed by atoms with Gasteiger partial charge in [-0.3, -0.25) is 14.9 Å². The van der Waals surface area contributed by atoms with Gasteiger partial charge in [0.1, 0.15) is 6.04 Å². The number of amides is 2. The molecule has 0 radical (unpaired) electrons. The molecule has 1 saturated heterocycles. The molecule has 1 aliphatic heterocycles. The SMILES string of the molecule is COC(=O)c1ccnc(N2CC(=O)NC(=O)C2C)c1N.